The van der Waals surface area contributed by atoms with E-state index in [4.69, 9.17) is 10.5 Å². The van der Waals surface area contributed by atoms with Crippen molar-refractivity contribution in [3.63, 3.8) is 0 Å². The lowest BCUT2D eigenvalue weighted by Crippen LogP contribution is -2.46. The van der Waals surface area contributed by atoms with Gasteiger partial charge in [0.25, 0.3) is 5.91 Å². The number of ether oxygens (including phenoxy) is 1. The van der Waals surface area contributed by atoms with Gasteiger partial charge in [-0.15, -0.1) is 0 Å². The molecule has 1 atom stereocenters. The van der Waals surface area contributed by atoms with Crippen molar-refractivity contribution in [1.29, 1.82) is 0 Å². The number of methoxy groups -OCH3 is 1. The number of carbonyl (C=O) groups is 1. The molecular weight excluding hydrogens is 290 g/mol. The third-order valence-corrected chi connectivity index (χ3v) is 3.79. The molecule has 2 rings (SSSR count). The van der Waals surface area contributed by atoms with Crippen LogP contribution in [0.2, 0.25) is 0 Å². The lowest BCUT2D eigenvalue weighted by atomic mass is 10.1. The SMILES string of the molecule is C/C=C\C.COc1cc(C(=O)NC2CCCN(C)C2)ccc1N. The predicted octanol–water partition coefficient (Wildman–Crippen LogP) is 2.68. The maximum atomic E-state index is 12.2. The molecule has 1 amide bonds. The normalized spacial score (nSPS) is 18.2. The Bertz CT molecular complexity index is 525. The van der Waals surface area contributed by atoms with Crippen LogP contribution in [0, 0.1) is 0 Å². The molecule has 1 aliphatic heterocycles. The molecule has 128 valence electrons. The number of likely N-dealkylation sites (tertiary alicyclic amines) is 1. The summed E-state index contributed by atoms with van der Waals surface area (Å²) in [6.07, 6.45) is 6.15. The highest BCUT2D eigenvalue weighted by atomic mass is 16.5. The average molecular weight is 319 g/mol. The van der Waals surface area contributed by atoms with Crippen molar-refractivity contribution < 1.29 is 9.53 Å². The van der Waals surface area contributed by atoms with E-state index in [2.05, 4.69) is 17.3 Å². The first-order valence-electron chi connectivity index (χ1n) is 8.02. The zero-order valence-corrected chi connectivity index (χ0v) is 14.6. The molecule has 1 saturated heterocycles. The Labute approximate surface area is 139 Å². The Morgan fingerprint density at radius 1 is 1.39 bits per heavy atom. The molecule has 1 unspecified atom stereocenters. The van der Waals surface area contributed by atoms with Gasteiger partial charge in [-0.05, 0) is 58.5 Å². The molecule has 23 heavy (non-hydrogen) atoms. The number of allylic oxidation sites excluding steroid dienone is 2. The summed E-state index contributed by atoms with van der Waals surface area (Å²) in [5, 5.41) is 3.06. The second-order valence-corrected chi connectivity index (χ2v) is 5.70. The molecule has 1 heterocycles. The third kappa shape index (κ3) is 6.32. The van der Waals surface area contributed by atoms with Crippen molar-refractivity contribution in [2.75, 3.05) is 33.0 Å². The monoisotopic (exact) mass is 319 g/mol. The standard InChI is InChI=1S/C14H21N3O2.C4H8/c1-17-7-3-4-11(9-17)16-14(18)10-5-6-12(15)13(8-10)19-2;1-3-4-2/h5-6,8,11H,3-4,7,9,15H2,1-2H3,(H,16,18);3-4H,1-2H3/b;4-3-. The van der Waals surface area contributed by atoms with Crippen molar-refractivity contribution in [1.82, 2.24) is 10.2 Å². The highest BCUT2D eigenvalue weighted by Crippen LogP contribution is 2.22. The largest absolute Gasteiger partial charge is 0.495 e. The van der Waals surface area contributed by atoms with Gasteiger partial charge in [0.05, 0.1) is 12.8 Å². The van der Waals surface area contributed by atoms with Crippen molar-refractivity contribution in [2.24, 2.45) is 0 Å². The van der Waals surface area contributed by atoms with E-state index in [1.807, 2.05) is 26.0 Å². The number of amides is 1. The number of hydrogen-bond acceptors (Lipinski definition) is 4. The van der Waals surface area contributed by atoms with Gasteiger partial charge < -0.3 is 20.7 Å². The van der Waals surface area contributed by atoms with E-state index >= 15 is 0 Å². The maximum absolute atomic E-state index is 12.2. The fraction of sp³-hybridized carbons (Fsp3) is 0.500. The van der Waals surface area contributed by atoms with Crippen LogP contribution in [0.5, 0.6) is 5.75 Å². The lowest BCUT2D eigenvalue weighted by molar-refractivity contribution is 0.0912. The summed E-state index contributed by atoms with van der Waals surface area (Å²) in [4.78, 5) is 14.4. The molecule has 0 radical (unpaired) electrons. The number of nitrogens with zero attached hydrogens (tertiary/aromatic N) is 1. The molecule has 0 saturated carbocycles. The van der Waals surface area contributed by atoms with Gasteiger partial charge in [0, 0.05) is 18.2 Å². The molecule has 0 aromatic heterocycles. The van der Waals surface area contributed by atoms with Crippen molar-refractivity contribution in [3.8, 4) is 5.75 Å². The van der Waals surface area contributed by atoms with E-state index in [1.165, 1.54) is 0 Å². The van der Waals surface area contributed by atoms with Crippen LogP contribution in [0.25, 0.3) is 0 Å². The fourth-order valence-corrected chi connectivity index (χ4v) is 2.41. The quantitative estimate of drug-likeness (QED) is 0.664. The number of hydrogen-bond donors (Lipinski definition) is 2. The summed E-state index contributed by atoms with van der Waals surface area (Å²) in [6, 6.07) is 5.31. The molecule has 1 aromatic rings. The number of rotatable bonds is 3. The van der Waals surface area contributed by atoms with E-state index < -0.39 is 0 Å². The van der Waals surface area contributed by atoms with Crippen LogP contribution in [0.1, 0.15) is 37.0 Å². The fourth-order valence-electron chi connectivity index (χ4n) is 2.41. The summed E-state index contributed by atoms with van der Waals surface area (Å²) < 4.78 is 5.13. The predicted molar refractivity (Wildman–Crippen MR) is 95.9 cm³/mol. The van der Waals surface area contributed by atoms with E-state index in [0.717, 1.165) is 25.9 Å². The molecule has 3 N–H and O–H groups in total. The second kappa shape index (κ2) is 9.90. The molecule has 0 aliphatic carbocycles. The number of piperidine rings is 1. The average Bonchev–Trinajstić information content (AvgIpc) is 2.55. The van der Waals surface area contributed by atoms with Gasteiger partial charge in [0.2, 0.25) is 0 Å². The van der Waals surface area contributed by atoms with Crippen LogP contribution in [-0.4, -0.2) is 44.1 Å². The smallest absolute Gasteiger partial charge is 0.251 e. The molecule has 0 bridgehead atoms. The van der Waals surface area contributed by atoms with Crippen LogP contribution in [0.4, 0.5) is 5.69 Å². The summed E-state index contributed by atoms with van der Waals surface area (Å²) in [5.41, 5.74) is 6.86. The first-order chi connectivity index (χ1) is 11.0. The molecule has 1 aromatic carbocycles. The summed E-state index contributed by atoms with van der Waals surface area (Å²) in [5.74, 6) is 0.465. The van der Waals surface area contributed by atoms with E-state index in [1.54, 1.807) is 25.3 Å². The summed E-state index contributed by atoms with van der Waals surface area (Å²) in [6.45, 7) is 6.00. The highest BCUT2D eigenvalue weighted by molar-refractivity contribution is 5.95. The van der Waals surface area contributed by atoms with Gasteiger partial charge in [-0.2, -0.15) is 0 Å². The Hall–Kier alpha value is -2.01. The summed E-state index contributed by atoms with van der Waals surface area (Å²) >= 11 is 0. The minimum Gasteiger partial charge on any atom is -0.495 e. The van der Waals surface area contributed by atoms with E-state index in [-0.39, 0.29) is 11.9 Å². The molecule has 1 fully saturated rings. The van der Waals surface area contributed by atoms with Crippen LogP contribution < -0.4 is 15.8 Å². The van der Waals surface area contributed by atoms with Crippen LogP contribution in [0.3, 0.4) is 0 Å². The van der Waals surface area contributed by atoms with Crippen molar-refractivity contribution in [3.05, 3.63) is 35.9 Å². The van der Waals surface area contributed by atoms with Crippen LogP contribution in [-0.2, 0) is 0 Å². The van der Waals surface area contributed by atoms with Crippen molar-refractivity contribution >= 4 is 11.6 Å². The lowest BCUT2D eigenvalue weighted by Gasteiger charge is -2.30. The van der Waals surface area contributed by atoms with Gasteiger partial charge in [-0.3, -0.25) is 4.79 Å². The molecule has 0 spiro atoms. The first kappa shape index (κ1) is 19.0. The van der Waals surface area contributed by atoms with Gasteiger partial charge in [0.15, 0.2) is 0 Å². The minimum atomic E-state index is -0.0707. The zero-order chi connectivity index (χ0) is 17.2. The summed E-state index contributed by atoms with van der Waals surface area (Å²) in [7, 11) is 3.62. The highest BCUT2D eigenvalue weighted by Gasteiger charge is 2.19. The Balaban J connectivity index is 0.000000593. The number of carbonyl (C=O) groups excluding carboxylic acids is 1. The number of nitrogens with one attached hydrogen (secondary N) is 1. The number of benzene rings is 1. The maximum Gasteiger partial charge on any atom is 0.251 e. The van der Waals surface area contributed by atoms with Gasteiger partial charge in [-0.1, -0.05) is 12.2 Å². The van der Waals surface area contributed by atoms with Gasteiger partial charge in [0.1, 0.15) is 5.75 Å². The van der Waals surface area contributed by atoms with Gasteiger partial charge >= 0.3 is 0 Å². The van der Waals surface area contributed by atoms with Gasteiger partial charge in [-0.25, -0.2) is 0 Å². The third-order valence-electron chi connectivity index (χ3n) is 3.79. The van der Waals surface area contributed by atoms with E-state index in [0.29, 0.717) is 17.0 Å². The molecule has 5 nitrogen and oxygen atoms in total. The van der Waals surface area contributed by atoms with E-state index in [9.17, 15) is 4.79 Å². The number of nitrogen functional groups attached to an aromatic ring is 1. The Morgan fingerprint density at radius 3 is 2.65 bits per heavy atom. The topological polar surface area (TPSA) is 67.6 Å². The van der Waals surface area contributed by atoms with Crippen LogP contribution >= 0.6 is 0 Å². The Morgan fingerprint density at radius 2 is 2.09 bits per heavy atom. The first-order valence-corrected chi connectivity index (χ1v) is 8.02. The minimum absolute atomic E-state index is 0.0707. The number of nitrogens with two attached hydrogens (primary N) is 1. The number of likely N-dealkylation sites (N-methyl/N-ethyl adjacent to an activating group) is 1. The Kier molecular flexibility index (Phi) is 8.19. The molecular formula is C18H29N3O2. The second-order valence-electron chi connectivity index (χ2n) is 5.70. The molecule has 1 aliphatic rings. The van der Waals surface area contributed by atoms with Crippen molar-refractivity contribution in [2.45, 2.75) is 32.7 Å². The number of anilines is 1. The van der Waals surface area contributed by atoms with Crippen LogP contribution in [0.15, 0.2) is 30.4 Å². The molecule has 5 heteroatoms. The zero-order valence-electron chi connectivity index (χ0n) is 14.6.